The van der Waals surface area contributed by atoms with Crippen LogP contribution in [0.15, 0.2) is 24.3 Å². The van der Waals surface area contributed by atoms with E-state index in [-0.39, 0.29) is 0 Å². The van der Waals surface area contributed by atoms with Gasteiger partial charge in [-0.25, -0.2) is 0 Å². The van der Waals surface area contributed by atoms with Crippen LogP contribution in [-0.2, 0) is 19.3 Å². The number of aromatic amines is 1. The maximum Gasteiger partial charge on any atom is 0.0958 e. The number of benzene rings is 1. The molecule has 2 N–H and O–H groups in total. The molecule has 0 saturated carbocycles. The summed E-state index contributed by atoms with van der Waals surface area (Å²) in [7, 11) is 2.00. The van der Waals surface area contributed by atoms with Crippen molar-refractivity contribution >= 4 is 0 Å². The number of nitrogens with zero attached hydrogens (tertiary/aromatic N) is 1. The van der Waals surface area contributed by atoms with Gasteiger partial charge in [-0.1, -0.05) is 24.3 Å². The van der Waals surface area contributed by atoms with Crippen LogP contribution >= 0.6 is 0 Å². The molecule has 94 valence electrons. The van der Waals surface area contributed by atoms with E-state index in [2.05, 4.69) is 39.8 Å². The van der Waals surface area contributed by atoms with E-state index in [0.717, 1.165) is 32.2 Å². The summed E-state index contributed by atoms with van der Waals surface area (Å²) >= 11 is 0. The van der Waals surface area contributed by atoms with Crippen molar-refractivity contribution < 1.29 is 0 Å². The molecular formula is C15H19N3. The van der Waals surface area contributed by atoms with Gasteiger partial charge < -0.3 is 5.32 Å². The highest BCUT2D eigenvalue weighted by molar-refractivity contribution is 5.70. The lowest BCUT2D eigenvalue weighted by atomic mass is 9.88. The molecule has 3 heteroatoms. The van der Waals surface area contributed by atoms with Crippen LogP contribution in [0.1, 0.15) is 23.2 Å². The molecule has 2 aromatic rings. The Morgan fingerprint density at radius 3 is 3.06 bits per heavy atom. The molecule has 1 aliphatic carbocycles. The molecule has 0 atom stereocenters. The molecule has 1 aromatic heterocycles. The van der Waals surface area contributed by atoms with E-state index in [0.29, 0.717) is 0 Å². The zero-order chi connectivity index (χ0) is 12.4. The monoisotopic (exact) mass is 241 g/mol. The van der Waals surface area contributed by atoms with Crippen LogP contribution in [0.5, 0.6) is 0 Å². The SMILES string of the molecule is CNCCCc1[nH]nc2c1CCc1ccccc1-2. The Kier molecular flexibility index (Phi) is 3.15. The first-order valence-electron chi connectivity index (χ1n) is 6.69. The minimum atomic E-state index is 1.06. The third-order valence-corrected chi connectivity index (χ3v) is 3.72. The van der Waals surface area contributed by atoms with E-state index in [9.17, 15) is 0 Å². The van der Waals surface area contributed by atoms with Gasteiger partial charge in [0, 0.05) is 16.8 Å². The van der Waals surface area contributed by atoms with Crippen molar-refractivity contribution in [3.05, 3.63) is 41.1 Å². The topological polar surface area (TPSA) is 40.7 Å². The third kappa shape index (κ3) is 1.95. The Bertz CT molecular complexity index is 542. The number of rotatable bonds is 4. The zero-order valence-electron chi connectivity index (χ0n) is 10.8. The molecule has 0 saturated heterocycles. The van der Waals surface area contributed by atoms with Gasteiger partial charge in [0.2, 0.25) is 0 Å². The van der Waals surface area contributed by atoms with Crippen LogP contribution in [-0.4, -0.2) is 23.8 Å². The Morgan fingerprint density at radius 2 is 2.17 bits per heavy atom. The zero-order valence-corrected chi connectivity index (χ0v) is 10.8. The quantitative estimate of drug-likeness (QED) is 0.807. The Balaban J connectivity index is 1.90. The van der Waals surface area contributed by atoms with E-state index in [1.165, 1.54) is 28.1 Å². The average molecular weight is 241 g/mol. The summed E-state index contributed by atoms with van der Waals surface area (Å²) in [4.78, 5) is 0. The molecule has 0 spiro atoms. The van der Waals surface area contributed by atoms with Gasteiger partial charge in [0.1, 0.15) is 0 Å². The first-order chi connectivity index (χ1) is 8.90. The number of hydrogen-bond acceptors (Lipinski definition) is 2. The third-order valence-electron chi connectivity index (χ3n) is 3.72. The fourth-order valence-electron chi connectivity index (χ4n) is 2.77. The van der Waals surface area contributed by atoms with Gasteiger partial charge in [0.25, 0.3) is 0 Å². The Morgan fingerprint density at radius 1 is 1.28 bits per heavy atom. The molecule has 0 aliphatic heterocycles. The molecule has 0 unspecified atom stereocenters. The molecule has 18 heavy (non-hydrogen) atoms. The van der Waals surface area contributed by atoms with Crippen molar-refractivity contribution in [1.82, 2.24) is 15.5 Å². The highest BCUT2D eigenvalue weighted by Gasteiger charge is 2.21. The van der Waals surface area contributed by atoms with Crippen LogP contribution in [0.4, 0.5) is 0 Å². The standard InChI is InChI=1S/C15H19N3/c1-16-10-4-7-14-13-9-8-11-5-2-3-6-12(11)15(13)18-17-14/h2-3,5-6,16H,4,7-10H2,1H3,(H,17,18). The highest BCUT2D eigenvalue weighted by Crippen LogP contribution is 2.33. The second-order valence-electron chi connectivity index (χ2n) is 4.89. The van der Waals surface area contributed by atoms with Gasteiger partial charge in [0.05, 0.1) is 5.69 Å². The molecule has 1 heterocycles. The fourth-order valence-corrected chi connectivity index (χ4v) is 2.77. The second kappa shape index (κ2) is 4.94. The van der Waals surface area contributed by atoms with Crippen LogP contribution < -0.4 is 5.32 Å². The van der Waals surface area contributed by atoms with Gasteiger partial charge in [-0.2, -0.15) is 5.10 Å². The van der Waals surface area contributed by atoms with Crippen LogP contribution in [0.2, 0.25) is 0 Å². The van der Waals surface area contributed by atoms with Crippen LogP contribution in [0, 0.1) is 0 Å². The van der Waals surface area contributed by atoms with E-state index < -0.39 is 0 Å². The number of H-pyrrole nitrogens is 1. The molecule has 0 radical (unpaired) electrons. The van der Waals surface area contributed by atoms with Crippen molar-refractivity contribution in [2.75, 3.05) is 13.6 Å². The summed E-state index contributed by atoms with van der Waals surface area (Å²) in [5.41, 5.74) is 6.68. The molecule has 0 fully saturated rings. The van der Waals surface area contributed by atoms with E-state index in [4.69, 9.17) is 0 Å². The second-order valence-corrected chi connectivity index (χ2v) is 4.89. The van der Waals surface area contributed by atoms with Crippen molar-refractivity contribution in [2.24, 2.45) is 0 Å². The first kappa shape index (κ1) is 11.5. The van der Waals surface area contributed by atoms with Gasteiger partial charge in [-0.15, -0.1) is 0 Å². The first-order valence-corrected chi connectivity index (χ1v) is 6.69. The molecule has 0 amide bonds. The summed E-state index contributed by atoms with van der Waals surface area (Å²) in [6, 6.07) is 8.62. The summed E-state index contributed by atoms with van der Waals surface area (Å²) in [5, 5.41) is 11.0. The fraction of sp³-hybridized carbons (Fsp3) is 0.400. The molecule has 1 aliphatic rings. The predicted octanol–water partition coefficient (Wildman–Crippen LogP) is 2.33. The molecular weight excluding hydrogens is 222 g/mol. The van der Waals surface area contributed by atoms with E-state index in [1.807, 2.05) is 7.05 Å². The normalized spacial score (nSPS) is 13.2. The lowest BCUT2D eigenvalue weighted by molar-refractivity contribution is 0.708. The number of nitrogens with one attached hydrogen (secondary N) is 2. The molecule has 1 aromatic carbocycles. The minimum Gasteiger partial charge on any atom is -0.320 e. The number of fused-ring (bicyclic) bond motifs is 3. The van der Waals surface area contributed by atoms with Crippen molar-refractivity contribution in [1.29, 1.82) is 0 Å². The van der Waals surface area contributed by atoms with Crippen molar-refractivity contribution in [3.8, 4) is 11.3 Å². The van der Waals surface area contributed by atoms with E-state index in [1.54, 1.807) is 0 Å². The lowest BCUT2D eigenvalue weighted by Gasteiger charge is -2.15. The predicted molar refractivity (Wildman–Crippen MR) is 73.7 cm³/mol. The lowest BCUT2D eigenvalue weighted by Crippen LogP contribution is -2.09. The molecule has 3 nitrogen and oxygen atoms in total. The Hall–Kier alpha value is -1.61. The van der Waals surface area contributed by atoms with Crippen LogP contribution in [0.25, 0.3) is 11.3 Å². The highest BCUT2D eigenvalue weighted by atomic mass is 15.1. The average Bonchev–Trinajstić information content (AvgIpc) is 2.83. The van der Waals surface area contributed by atoms with Crippen molar-refractivity contribution in [3.63, 3.8) is 0 Å². The van der Waals surface area contributed by atoms with Gasteiger partial charge in [-0.3, -0.25) is 5.10 Å². The van der Waals surface area contributed by atoms with E-state index >= 15 is 0 Å². The van der Waals surface area contributed by atoms with Gasteiger partial charge >= 0.3 is 0 Å². The summed E-state index contributed by atoms with van der Waals surface area (Å²) in [6.07, 6.45) is 4.51. The summed E-state index contributed by atoms with van der Waals surface area (Å²) < 4.78 is 0. The Labute approximate surface area is 108 Å². The van der Waals surface area contributed by atoms with Crippen LogP contribution in [0.3, 0.4) is 0 Å². The van der Waals surface area contributed by atoms with Gasteiger partial charge in [0.15, 0.2) is 0 Å². The summed E-state index contributed by atoms with van der Waals surface area (Å²) in [5.74, 6) is 0. The largest absolute Gasteiger partial charge is 0.320 e. The summed E-state index contributed by atoms with van der Waals surface area (Å²) in [6.45, 7) is 1.06. The number of aromatic nitrogens is 2. The number of hydrogen-bond donors (Lipinski definition) is 2. The molecule has 0 bridgehead atoms. The maximum absolute atomic E-state index is 4.53. The van der Waals surface area contributed by atoms with Gasteiger partial charge in [-0.05, 0) is 44.8 Å². The molecule has 3 rings (SSSR count). The minimum absolute atomic E-state index is 1.06. The smallest absolute Gasteiger partial charge is 0.0958 e. The number of aryl methyl sites for hydroxylation is 2. The maximum atomic E-state index is 4.53. The van der Waals surface area contributed by atoms with Crippen molar-refractivity contribution in [2.45, 2.75) is 25.7 Å².